The molecule has 3 atom stereocenters. The third-order valence-electron chi connectivity index (χ3n) is 6.68. The summed E-state index contributed by atoms with van der Waals surface area (Å²) in [5.74, 6) is -0.723. The maximum atomic E-state index is 13.3. The van der Waals surface area contributed by atoms with E-state index in [4.69, 9.17) is 4.74 Å². The topological polar surface area (TPSA) is 96.5 Å². The van der Waals surface area contributed by atoms with E-state index in [1.807, 2.05) is 4.72 Å². The van der Waals surface area contributed by atoms with Gasteiger partial charge in [0.05, 0.1) is 29.4 Å². The van der Waals surface area contributed by atoms with Crippen LogP contribution >= 0.6 is 0 Å². The van der Waals surface area contributed by atoms with Crippen molar-refractivity contribution in [3.05, 3.63) is 70.8 Å². The number of alkyl halides is 6. The van der Waals surface area contributed by atoms with Gasteiger partial charge in [-0.05, 0) is 49.1 Å². The van der Waals surface area contributed by atoms with Gasteiger partial charge in [0.2, 0.25) is 0 Å². The maximum absolute atomic E-state index is 13.3. The number of piperidine rings is 1. The molecule has 0 aromatic heterocycles. The number of halogens is 6. The molecule has 2 aromatic rings. The van der Waals surface area contributed by atoms with Gasteiger partial charge in [0, 0.05) is 6.54 Å². The molecule has 1 amide bonds. The summed E-state index contributed by atoms with van der Waals surface area (Å²) in [4.78, 5) is 12.4. The van der Waals surface area contributed by atoms with Gasteiger partial charge in [0.15, 0.2) is 0 Å². The molecule has 0 radical (unpaired) electrons. The molecule has 7 nitrogen and oxygen atoms in total. The zero-order valence-corrected chi connectivity index (χ0v) is 20.2. The molecule has 2 aliphatic heterocycles. The summed E-state index contributed by atoms with van der Waals surface area (Å²) in [5.41, 5.74) is -4.92. The van der Waals surface area contributed by atoms with Gasteiger partial charge in [-0.1, -0.05) is 30.3 Å². The van der Waals surface area contributed by atoms with Crippen LogP contribution in [0.15, 0.2) is 48.5 Å². The lowest BCUT2D eigenvalue weighted by Crippen LogP contribution is -2.64. The molecule has 2 saturated heterocycles. The lowest BCUT2D eigenvalue weighted by Gasteiger charge is -2.44. The molecule has 2 heterocycles. The van der Waals surface area contributed by atoms with Crippen molar-refractivity contribution in [1.29, 1.82) is 0 Å². The second kappa shape index (κ2) is 9.26. The summed E-state index contributed by atoms with van der Waals surface area (Å²) in [6, 6.07) is 10.0. The molecule has 0 bridgehead atoms. The van der Waals surface area contributed by atoms with Crippen molar-refractivity contribution in [2.45, 2.75) is 49.3 Å². The van der Waals surface area contributed by atoms with Crippen molar-refractivity contribution < 1.29 is 44.3 Å². The van der Waals surface area contributed by atoms with E-state index in [9.17, 15) is 39.6 Å². The molecule has 4 rings (SSSR count). The minimum atomic E-state index is -4.99. The molecular weight excluding hydrogens is 528 g/mol. The molecular formula is C23H23F6N3O4S. The first-order chi connectivity index (χ1) is 17.1. The first kappa shape index (κ1) is 27.4. The number of amides is 1. The Morgan fingerprint density at radius 2 is 1.57 bits per heavy atom. The zero-order chi connectivity index (χ0) is 27.3. The fraction of sp³-hybridized carbons (Fsp3) is 0.435. The highest BCUT2D eigenvalue weighted by molar-refractivity contribution is 7.88. The van der Waals surface area contributed by atoms with Gasteiger partial charge in [-0.3, -0.25) is 4.79 Å². The molecule has 37 heavy (non-hydrogen) atoms. The summed E-state index contributed by atoms with van der Waals surface area (Å²) < 4.78 is 114. The largest absolute Gasteiger partial charge is 0.416 e. The smallest absolute Gasteiger partial charge is 0.372 e. The molecule has 1 spiro atoms. The van der Waals surface area contributed by atoms with Crippen LogP contribution in [-0.4, -0.2) is 33.0 Å². The van der Waals surface area contributed by atoms with Crippen LogP contribution in [-0.2, 0) is 37.6 Å². The van der Waals surface area contributed by atoms with Gasteiger partial charge >= 0.3 is 22.6 Å². The van der Waals surface area contributed by atoms with Crippen molar-refractivity contribution in [2.75, 3.05) is 13.2 Å². The molecule has 2 aromatic carbocycles. The van der Waals surface area contributed by atoms with Gasteiger partial charge in [-0.25, -0.2) is 4.72 Å². The Labute approximate surface area is 208 Å². The third-order valence-corrected chi connectivity index (χ3v) is 7.80. The summed E-state index contributed by atoms with van der Waals surface area (Å²) in [6.45, 7) is 1.05. The number of hydrogen-bond donors (Lipinski definition) is 3. The van der Waals surface area contributed by atoms with E-state index < -0.39 is 56.8 Å². The lowest BCUT2D eigenvalue weighted by atomic mass is 9.76. The van der Waals surface area contributed by atoms with Crippen molar-refractivity contribution in [3.63, 3.8) is 0 Å². The highest BCUT2D eigenvalue weighted by atomic mass is 32.2. The lowest BCUT2D eigenvalue weighted by molar-refractivity contribution is -0.143. The van der Waals surface area contributed by atoms with E-state index in [1.54, 1.807) is 30.3 Å². The Morgan fingerprint density at radius 3 is 2.03 bits per heavy atom. The van der Waals surface area contributed by atoms with Crippen molar-refractivity contribution in [1.82, 2.24) is 14.8 Å². The Hall–Kier alpha value is -2.68. The number of nitrogens with one attached hydrogen (secondary N) is 3. The second-order valence-electron chi connectivity index (χ2n) is 9.21. The average molecular weight is 552 g/mol. The number of hydrogen-bond acceptors (Lipinski definition) is 5. The Bertz CT molecular complexity index is 1240. The first-order valence-corrected chi connectivity index (χ1v) is 12.6. The minimum absolute atomic E-state index is 0.0531. The van der Waals surface area contributed by atoms with Crippen LogP contribution in [0.5, 0.6) is 0 Å². The predicted molar refractivity (Wildman–Crippen MR) is 119 cm³/mol. The molecule has 3 N–H and O–H groups in total. The maximum Gasteiger partial charge on any atom is 0.416 e. The van der Waals surface area contributed by atoms with Crippen LogP contribution in [0, 0.1) is 0 Å². The Morgan fingerprint density at radius 1 is 0.973 bits per heavy atom. The van der Waals surface area contributed by atoms with Crippen LogP contribution in [0.25, 0.3) is 0 Å². The van der Waals surface area contributed by atoms with E-state index in [0.717, 1.165) is 0 Å². The number of ether oxygens (including phenoxy) is 1. The van der Waals surface area contributed by atoms with Crippen LogP contribution in [0.4, 0.5) is 26.3 Å². The molecule has 202 valence electrons. The Kier molecular flexibility index (Phi) is 6.84. The van der Waals surface area contributed by atoms with Crippen LogP contribution < -0.4 is 14.8 Å². The molecule has 2 fully saturated rings. The van der Waals surface area contributed by atoms with Gasteiger partial charge in [-0.2, -0.15) is 39.5 Å². The number of carbonyl (C=O) groups excluding carboxylic acids is 1. The highest BCUT2D eigenvalue weighted by Gasteiger charge is 2.54. The average Bonchev–Trinajstić information content (AvgIpc) is 3.05. The third kappa shape index (κ3) is 5.61. The van der Waals surface area contributed by atoms with Crippen molar-refractivity contribution in [2.24, 2.45) is 0 Å². The van der Waals surface area contributed by atoms with Crippen molar-refractivity contribution >= 4 is 16.1 Å². The van der Waals surface area contributed by atoms with Gasteiger partial charge in [-0.15, -0.1) is 0 Å². The molecule has 0 saturated carbocycles. The summed E-state index contributed by atoms with van der Waals surface area (Å²) >= 11 is 0. The standard InChI is InChI=1S/C23H23F6N3O4S/c1-14(15-9-17(22(24,25)26)11-18(10-15)23(27,28)29)36-13-21(16-5-3-2-4-6-16)8-7-20(12-30-21)19(33)31-37(34,35)32-20/h2-6,9-11,14,30,32H,7-8,12-13H2,1H3,(H,31,33)/t14-,20+,21-/m1/s1. The van der Waals surface area contributed by atoms with Gasteiger partial charge < -0.3 is 10.1 Å². The first-order valence-electron chi connectivity index (χ1n) is 11.1. The molecule has 0 unspecified atom stereocenters. The van der Waals surface area contributed by atoms with Gasteiger partial charge in [0.1, 0.15) is 5.54 Å². The van der Waals surface area contributed by atoms with Gasteiger partial charge in [0.25, 0.3) is 5.91 Å². The summed E-state index contributed by atoms with van der Waals surface area (Å²) in [6.07, 6.45) is -10.9. The fourth-order valence-electron chi connectivity index (χ4n) is 4.54. The number of carbonyl (C=O) groups is 1. The molecule has 2 aliphatic rings. The predicted octanol–water partition coefficient (Wildman–Crippen LogP) is 3.78. The Balaban J connectivity index is 1.60. The summed E-state index contributed by atoms with van der Waals surface area (Å²) in [7, 11) is -4.00. The van der Waals surface area contributed by atoms with Crippen LogP contribution in [0.1, 0.15) is 48.1 Å². The second-order valence-corrected chi connectivity index (χ2v) is 10.6. The van der Waals surface area contributed by atoms with E-state index in [2.05, 4.69) is 10.0 Å². The van der Waals surface area contributed by atoms with Crippen LogP contribution in [0.3, 0.4) is 0 Å². The minimum Gasteiger partial charge on any atom is -0.372 e. The zero-order valence-electron chi connectivity index (χ0n) is 19.3. The van der Waals surface area contributed by atoms with E-state index in [1.165, 1.54) is 6.92 Å². The highest BCUT2D eigenvalue weighted by Crippen LogP contribution is 2.40. The summed E-state index contributed by atoms with van der Waals surface area (Å²) in [5, 5.41) is 3.16. The number of rotatable bonds is 5. The molecule has 0 aliphatic carbocycles. The number of benzene rings is 2. The van der Waals surface area contributed by atoms with E-state index in [-0.39, 0.29) is 37.6 Å². The monoisotopic (exact) mass is 551 g/mol. The van der Waals surface area contributed by atoms with E-state index in [0.29, 0.717) is 17.7 Å². The SMILES string of the molecule is C[C@@H](OC[C@@]1(c2ccccc2)CC[C@@]2(CN1)NS(=O)(=O)NC2=O)c1cc(C(F)(F)F)cc(C(F)(F)F)c1. The van der Waals surface area contributed by atoms with E-state index >= 15 is 0 Å². The normalized spacial score (nSPS) is 26.7. The molecule has 14 heteroatoms. The quantitative estimate of drug-likeness (QED) is 0.492. The fourth-order valence-corrected chi connectivity index (χ4v) is 5.81. The van der Waals surface area contributed by atoms with Crippen LogP contribution in [0.2, 0.25) is 0 Å². The van der Waals surface area contributed by atoms with Crippen molar-refractivity contribution in [3.8, 4) is 0 Å².